The third-order valence-electron chi connectivity index (χ3n) is 4.23. The molecule has 0 N–H and O–H groups in total. The van der Waals surface area contributed by atoms with Crippen molar-refractivity contribution in [2.45, 2.75) is 13.3 Å². The molecule has 160 valence electrons. The van der Waals surface area contributed by atoms with Gasteiger partial charge in [-0.25, -0.2) is 0 Å². The van der Waals surface area contributed by atoms with Crippen LogP contribution < -0.4 is 5.11 Å². The van der Waals surface area contributed by atoms with Gasteiger partial charge in [-0.3, -0.25) is 0 Å². The minimum Gasteiger partial charge on any atom is -0.550 e. The lowest BCUT2D eigenvalue weighted by Gasteiger charge is -2.39. The first kappa shape index (κ1) is 26.0. The molecule has 0 spiro atoms. The molecule has 0 aromatic rings. The fourth-order valence-electron chi connectivity index (χ4n) is 2.47. The summed E-state index contributed by atoms with van der Waals surface area (Å²) >= 11 is 0. The number of hydrogen-bond acceptors (Lipinski definition) is 7. The molecule has 0 aliphatic carbocycles. The van der Waals surface area contributed by atoms with Gasteiger partial charge in [0.25, 0.3) is 0 Å². The van der Waals surface area contributed by atoms with E-state index >= 15 is 0 Å². The summed E-state index contributed by atoms with van der Waals surface area (Å²) in [6.07, 6.45) is 1.94. The molecule has 0 aromatic heterocycles. The molecule has 0 unspecified atom stereocenters. The second kappa shape index (κ2) is 18.3. The highest BCUT2D eigenvalue weighted by molar-refractivity contribution is 5.64. The van der Waals surface area contributed by atoms with Gasteiger partial charge in [0.2, 0.25) is 0 Å². The van der Waals surface area contributed by atoms with Crippen molar-refractivity contribution in [1.29, 1.82) is 0 Å². The molecule has 1 aliphatic rings. The first-order valence-corrected chi connectivity index (χ1v) is 9.56. The number of aliphatic carboxylic acids is 1. The molecule has 1 heterocycles. The molecule has 0 saturated carbocycles. The number of ether oxygens (including phenoxy) is 5. The van der Waals surface area contributed by atoms with Crippen LogP contribution in [0, 0.1) is 0 Å². The molecule has 1 fully saturated rings. The maximum Gasteiger partial charge on any atom is 0.103 e. The summed E-state index contributed by atoms with van der Waals surface area (Å²) in [5, 5.41) is 10.0. The van der Waals surface area contributed by atoms with Crippen molar-refractivity contribution in [2.24, 2.45) is 0 Å². The highest BCUT2D eigenvalue weighted by Crippen LogP contribution is 2.10. The largest absolute Gasteiger partial charge is 0.550 e. The van der Waals surface area contributed by atoms with Crippen LogP contribution in [0.15, 0.2) is 12.7 Å². The Labute approximate surface area is 163 Å². The van der Waals surface area contributed by atoms with E-state index < -0.39 is 5.97 Å². The number of rotatable bonds is 15. The van der Waals surface area contributed by atoms with Crippen LogP contribution in [0.2, 0.25) is 0 Å². The number of morpholine rings is 1. The Bertz CT molecular complexity index is 360. The van der Waals surface area contributed by atoms with Gasteiger partial charge in [-0.2, -0.15) is 0 Å². The van der Waals surface area contributed by atoms with Gasteiger partial charge in [-0.15, -0.1) is 0 Å². The summed E-state index contributed by atoms with van der Waals surface area (Å²) in [7, 11) is 1.61. The molecule has 1 rings (SSSR count). The maximum absolute atomic E-state index is 10.0. The number of carbonyl (C=O) groups is 1. The Morgan fingerprint density at radius 2 is 1.56 bits per heavy atom. The lowest BCUT2D eigenvalue weighted by molar-refractivity contribution is -0.928. The lowest BCUT2D eigenvalue weighted by atomic mass is 10.3. The van der Waals surface area contributed by atoms with Gasteiger partial charge in [0.15, 0.2) is 0 Å². The summed E-state index contributed by atoms with van der Waals surface area (Å²) in [5.74, 6) is -1.10. The van der Waals surface area contributed by atoms with Crippen molar-refractivity contribution < 1.29 is 38.1 Å². The third kappa shape index (κ3) is 15.7. The van der Waals surface area contributed by atoms with Crippen molar-refractivity contribution in [1.82, 2.24) is 0 Å². The number of nitrogens with zero attached hydrogens (tertiary/aromatic N) is 1. The molecule has 1 aliphatic heterocycles. The van der Waals surface area contributed by atoms with Crippen molar-refractivity contribution in [3.63, 3.8) is 0 Å². The Hall–Kier alpha value is -1.03. The van der Waals surface area contributed by atoms with Gasteiger partial charge in [0, 0.05) is 19.5 Å². The summed E-state index contributed by atoms with van der Waals surface area (Å²) in [6.45, 7) is 15.6. The normalized spacial score (nSPS) is 15.6. The van der Waals surface area contributed by atoms with Crippen LogP contribution in [-0.4, -0.2) is 103 Å². The zero-order valence-corrected chi connectivity index (χ0v) is 17.0. The number of carbonyl (C=O) groups excluding carboxylic acids is 1. The predicted octanol–water partition coefficient (Wildman–Crippen LogP) is -0.138. The Kier molecular flexibility index (Phi) is 17.6. The highest BCUT2D eigenvalue weighted by Gasteiger charge is 2.26. The minimum atomic E-state index is -1.10. The quantitative estimate of drug-likeness (QED) is 0.218. The van der Waals surface area contributed by atoms with E-state index in [1.165, 1.54) is 11.0 Å². The molecular weight excluding hydrogens is 354 g/mol. The molecule has 8 nitrogen and oxygen atoms in total. The molecule has 0 radical (unpaired) electrons. The van der Waals surface area contributed by atoms with E-state index in [0.29, 0.717) is 39.6 Å². The Balaban J connectivity index is 0.000000533. The van der Waals surface area contributed by atoms with Crippen LogP contribution >= 0.6 is 0 Å². The van der Waals surface area contributed by atoms with Gasteiger partial charge in [0.05, 0.1) is 72.6 Å². The Morgan fingerprint density at radius 1 is 1.04 bits per heavy atom. The number of methoxy groups -OCH3 is 1. The zero-order chi connectivity index (χ0) is 20.2. The maximum atomic E-state index is 10.0. The minimum absolute atomic E-state index is 0.0832. The fourth-order valence-corrected chi connectivity index (χ4v) is 2.47. The van der Waals surface area contributed by atoms with E-state index in [0.717, 1.165) is 32.8 Å². The first-order valence-electron chi connectivity index (χ1n) is 9.56. The van der Waals surface area contributed by atoms with Gasteiger partial charge in [-0.05, 0) is 13.0 Å². The zero-order valence-electron chi connectivity index (χ0n) is 17.0. The fraction of sp³-hybridized carbons (Fsp3) is 0.842. The van der Waals surface area contributed by atoms with Gasteiger partial charge in [-0.1, -0.05) is 6.58 Å². The van der Waals surface area contributed by atoms with E-state index in [2.05, 4.69) is 13.5 Å². The lowest BCUT2D eigenvalue weighted by Crippen LogP contribution is -2.54. The average Bonchev–Trinajstić information content (AvgIpc) is 2.67. The van der Waals surface area contributed by atoms with Crippen LogP contribution in [0.25, 0.3) is 0 Å². The van der Waals surface area contributed by atoms with Crippen LogP contribution in [0.1, 0.15) is 13.3 Å². The van der Waals surface area contributed by atoms with Crippen molar-refractivity contribution in [2.75, 3.05) is 92.8 Å². The molecule has 0 atom stereocenters. The number of carboxylic acid groups (broad SMARTS) is 1. The summed E-state index contributed by atoms with van der Waals surface area (Å²) in [6, 6.07) is 0. The second-order valence-corrected chi connectivity index (χ2v) is 6.14. The predicted molar refractivity (Wildman–Crippen MR) is 100 cm³/mol. The topological polar surface area (TPSA) is 86.3 Å². The van der Waals surface area contributed by atoms with Crippen LogP contribution in [0.4, 0.5) is 0 Å². The van der Waals surface area contributed by atoms with E-state index in [1.807, 2.05) is 6.08 Å². The molecule has 0 amide bonds. The SMILES string of the molecule is C=CC[N+]1(CC)CCOCC1.COCCOCCOCCOCCC(=O)[O-]. The second-order valence-electron chi connectivity index (χ2n) is 6.14. The molecule has 0 bridgehead atoms. The number of carboxylic acids is 1. The number of quaternary nitrogens is 1. The standard InChI is InChI=1S/C10H20O6.C9H18NO/c1-13-4-5-15-8-9-16-7-6-14-3-2-10(11)12;1-3-5-10(4-2)6-8-11-9-7-10/h2-9H2,1H3,(H,11,12);3H,1,4-9H2,2H3/q;+1/p-1. The van der Waals surface area contributed by atoms with E-state index in [4.69, 9.17) is 23.7 Å². The van der Waals surface area contributed by atoms with Crippen molar-refractivity contribution in [3.8, 4) is 0 Å². The van der Waals surface area contributed by atoms with Crippen LogP contribution in [-0.2, 0) is 28.5 Å². The molecule has 0 aromatic carbocycles. The van der Waals surface area contributed by atoms with Crippen LogP contribution in [0.3, 0.4) is 0 Å². The average molecular weight is 392 g/mol. The van der Waals surface area contributed by atoms with Gasteiger partial charge < -0.3 is 38.1 Å². The van der Waals surface area contributed by atoms with E-state index in [1.54, 1.807) is 7.11 Å². The van der Waals surface area contributed by atoms with Gasteiger partial charge >= 0.3 is 0 Å². The highest BCUT2D eigenvalue weighted by atomic mass is 16.6. The smallest absolute Gasteiger partial charge is 0.103 e. The van der Waals surface area contributed by atoms with Crippen molar-refractivity contribution in [3.05, 3.63) is 12.7 Å². The molecule has 27 heavy (non-hydrogen) atoms. The molecule has 1 saturated heterocycles. The van der Waals surface area contributed by atoms with Crippen molar-refractivity contribution >= 4 is 5.97 Å². The van der Waals surface area contributed by atoms with Gasteiger partial charge in [0.1, 0.15) is 13.1 Å². The monoisotopic (exact) mass is 391 g/mol. The Morgan fingerprint density at radius 3 is 2.00 bits per heavy atom. The number of likely N-dealkylation sites (N-methyl/N-ethyl adjacent to an activating group) is 1. The third-order valence-corrected chi connectivity index (χ3v) is 4.23. The molecule has 8 heteroatoms. The number of hydrogen-bond donors (Lipinski definition) is 0. The van der Waals surface area contributed by atoms with E-state index in [9.17, 15) is 9.90 Å². The summed E-state index contributed by atoms with van der Waals surface area (Å²) < 4.78 is 26.6. The van der Waals surface area contributed by atoms with E-state index in [-0.39, 0.29) is 13.0 Å². The molecular formula is C19H37NO7. The summed E-state index contributed by atoms with van der Waals surface area (Å²) in [4.78, 5) is 10.0. The van der Waals surface area contributed by atoms with Crippen LogP contribution in [0.5, 0.6) is 0 Å². The first-order chi connectivity index (χ1) is 13.1. The summed E-state index contributed by atoms with van der Waals surface area (Å²) in [5.41, 5.74) is 0.